The van der Waals surface area contributed by atoms with E-state index in [4.69, 9.17) is 5.73 Å². The summed E-state index contributed by atoms with van der Waals surface area (Å²) in [6.07, 6.45) is 4.20. The van der Waals surface area contributed by atoms with Crippen molar-refractivity contribution in [2.75, 3.05) is 5.73 Å². The van der Waals surface area contributed by atoms with Gasteiger partial charge in [-0.25, -0.2) is 0 Å². The molecule has 0 spiro atoms. The number of nitrogens with zero attached hydrogens (tertiary/aromatic N) is 2. The van der Waals surface area contributed by atoms with E-state index in [9.17, 15) is 9.59 Å². The van der Waals surface area contributed by atoms with Crippen LogP contribution in [-0.2, 0) is 9.59 Å². The minimum Gasteiger partial charge on any atom is -0.397 e. The van der Waals surface area contributed by atoms with Gasteiger partial charge in [0.1, 0.15) is 17.7 Å². The van der Waals surface area contributed by atoms with Crippen molar-refractivity contribution in [3.8, 4) is 0 Å². The number of aromatic nitrogens is 1. The lowest BCUT2D eigenvalue weighted by molar-refractivity contribution is -0.139. The van der Waals surface area contributed by atoms with E-state index in [0.29, 0.717) is 17.0 Å². The Labute approximate surface area is 121 Å². The van der Waals surface area contributed by atoms with Gasteiger partial charge in [0.15, 0.2) is 0 Å². The molecule has 2 aliphatic heterocycles. The molecule has 0 aromatic carbocycles. The number of rotatable bonds is 2. The number of hydrogen-bond donors (Lipinski definition) is 1. The predicted molar refractivity (Wildman–Crippen MR) is 78.8 cm³/mol. The zero-order chi connectivity index (χ0) is 14.5. The first-order valence-electron chi connectivity index (χ1n) is 6.33. The van der Waals surface area contributed by atoms with Gasteiger partial charge in [0.25, 0.3) is 5.91 Å². The molecule has 0 radical (unpaired) electrons. The van der Waals surface area contributed by atoms with E-state index < -0.39 is 0 Å². The molecule has 2 saturated heterocycles. The highest BCUT2D eigenvalue weighted by Crippen LogP contribution is 2.52. The van der Waals surface area contributed by atoms with Crippen LogP contribution in [0.1, 0.15) is 19.5 Å². The van der Waals surface area contributed by atoms with Gasteiger partial charge < -0.3 is 15.4 Å². The second-order valence-corrected chi connectivity index (χ2v) is 7.22. The minimum absolute atomic E-state index is 0.0490. The van der Waals surface area contributed by atoms with Crippen LogP contribution in [0.25, 0.3) is 6.08 Å². The van der Waals surface area contributed by atoms with Crippen LogP contribution in [0.15, 0.2) is 23.9 Å². The summed E-state index contributed by atoms with van der Waals surface area (Å²) in [6, 6.07) is 3.17. The molecular formula is C14H15N3O2S. The molecule has 0 saturated carbocycles. The van der Waals surface area contributed by atoms with Crippen LogP contribution in [-0.4, -0.2) is 38.2 Å². The number of pyridine rings is 1. The molecule has 0 aliphatic carbocycles. The van der Waals surface area contributed by atoms with Crippen molar-refractivity contribution in [3.05, 3.63) is 29.6 Å². The quantitative estimate of drug-likeness (QED) is 0.504. The van der Waals surface area contributed by atoms with Crippen LogP contribution >= 0.6 is 11.8 Å². The van der Waals surface area contributed by atoms with Gasteiger partial charge in [-0.3, -0.25) is 9.78 Å². The Kier molecular flexibility index (Phi) is 2.86. The number of β-lactam (4-membered cyclic amide) rings is 1. The molecular weight excluding hydrogens is 274 g/mol. The van der Waals surface area contributed by atoms with Crippen LogP contribution in [0, 0.1) is 0 Å². The van der Waals surface area contributed by atoms with Gasteiger partial charge in [-0.05, 0) is 32.1 Å². The summed E-state index contributed by atoms with van der Waals surface area (Å²) in [5.41, 5.74) is 7.58. The maximum absolute atomic E-state index is 12.2. The number of carbonyl (C=O) groups is 2. The molecule has 1 aromatic heterocycles. The van der Waals surface area contributed by atoms with E-state index in [2.05, 4.69) is 4.98 Å². The summed E-state index contributed by atoms with van der Waals surface area (Å²) >= 11 is 1.64. The molecule has 1 unspecified atom stereocenters. The molecule has 1 aromatic rings. The summed E-state index contributed by atoms with van der Waals surface area (Å²) in [5.74, 6) is -0.0798. The molecule has 3 rings (SSSR count). The summed E-state index contributed by atoms with van der Waals surface area (Å²) in [4.78, 5) is 29.2. The van der Waals surface area contributed by atoms with Crippen molar-refractivity contribution >= 4 is 35.7 Å². The summed E-state index contributed by atoms with van der Waals surface area (Å²) in [6.45, 7) is 3.98. The average molecular weight is 289 g/mol. The Hall–Kier alpha value is -1.82. The second-order valence-electron chi connectivity index (χ2n) is 5.48. The molecule has 2 fully saturated rings. The van der Waals surface area contributed by atoms with Crippen molar-refractivity contribution < 1.29 is 9.59 Å². The van der Waals surface area contributed by atoms with Crippen LogP contribution < -0.4 is 5.73 Å². The summed E-state index contributed by atoms with van der Waals surface area (Å²) in [7, 11) is 0. The van der Waals surface area contributed by atoms with Gasteiger partial charge in [0.2, 0.25) is 0 Å². The van der Waals surface area contributed by atoms with E-state index in [1.165, 1.54) is 0 Å². The number of hydrogen-bond acceptors (Lipinski definition) is 5. The molecule has 2 atom stereocenters. The highest BCUT2D eigenvalue weighted by Gasteiger charge is 2.58. The first-order chi connectivity index (χ1) is 9.44. The molecule has 0 bridgehead atoms. The Balaban J connectivity index is 1.90. The molecule has 5 nitrogen and oxygen atoms in total. The normalized spacial score (nSPS) is 29.2. The molecule has 104 valence electrons. The van der Waals surface area contributed by atoms with Gasteiger partial charge in [-0.2, -0.15) is 0 Å². The largest absolute Gasteiger partial charge is 0.397 e. The Morgan fingerprint density at radius 1 is 1.45 bits per heavy atom. The van der Waals surface area contributed by atoms with Crippen LogP contribution in [0.2, 0.25) is 0 Å². The Morgan fingerprint density at radius 2 is 2.20 bits per heavy atom. The molecule has 2 aliphatic rings. The number of amides is 1. The van der Waals surface area contributed by atoms with Crippen molar-refractivity contribution in [2.45, 2.75) is 30.0 Å². The number of nitrogen functional groups attached to an aromatic ring is 1. The van der Waals surface area contributed by atoms with Gasteiger partial charge in [-0.1, -0.05) is 0 Å². The molecule has 3 heterocycles. The van der Waals surface area contributed by atoms with Crippen LogP contribution in [0.4, 0.5) is 5.69 Å². The van der Waals surface area contributed by atoms with Crippen molar-refractivity contribution in [2.24, 2.45) is 0 Å². The second kappa shape index (κ2) is 4.34. The Bertz CT molecular complexity index is 609. The SMILES string of the molecule is CC1(C)SC2/C(=C\c3ccc(N)cn3)C(=O)N2[C@H]1C=O. The molecule has 20 heavy (non-hydrogen) atoms. The number of anilines is 1. The zero-order valence-electron chi connectivity index (χ0n) is 11.2. The predicted octanol–water partition coefficient (Wildman–Crippen LogP) is 1.31. The van der Waals surface area contributed by atoms with Gasteiger partial charge in [-0.15, -0.1) is 11.8 Å². The van der Waals surface area contributed by atoms with Gasteiger partial charge >= 0.3 is 0 Å². The van der Waals surface area contributed by atoms with Crippen molar-refractivity contribution in [1.29, 1.82) is 0 Å². The van der Waals surface area contributed by atoms with Gasteiger partial charge in [0.05, 0.1) is 23.2 Å². The minimum atomic E-state index is -0.360. The highest BCUT2D eigenvalue weighted by molar-refractivity contribution is 8.01. The number of nitrogens with two attached hydrogens (primary N) is 1. The zero-order valence-corrected chi connectivity index (χ0v) is 12.1. The lowest BCUT2D eigenvalue weighted by Gasteiger charge is -2.38. The molecule has 2 N–H and O–H groups in total. The number of thioether (sulfide) groups is 1. The maximum Gasteiger partial charge on any atom is 0.254 e. The van der Waals surface area contributed by atoms with E-state index in [1.807, 2.05) is 13.8 Å². The average Bonchev–Trinajstić information content (AvgIpc) is 2.66. The third-order valence-electron chi connectivity index (χ3n) is 3.67. The van der Waals surface area contributed by atoms with Gasteiger partial charge in [0, 0.05) is 4.75 Å². The van der Waals surface area contributed by atoms with Crippen LogP contribution in [0.3, 0.4) is 0 Å². The van der Waals surface area contributed by atoms with E-state index in [1.54, 1.807) is 41.1 Å². The van der Waals surface area contributed by atoms with E-state index >= 15 is 0 Å². The standard InChI is InChI=1S/C14H15N3O2S/c1-14(2)11(7-18)17-12(19)10(13(17)20-14)5-9-4-3-8(15)6-16-9/h3-7,11,13H,15H2,1-2H3/b10-5-/t11-,13?/m0/s1. The lowest BCUT2D eigenvalue weighted by Crippen LogP contribution is -2.56. The monoisotopic (exact) mass is 289 g/mol. The van der Waals surface area contributed by atoms with Crippen LogP contribution in [0.5, 0.6) is 0 Å². The third-order valence-corrected chi connectivity index (χ3v) is 5.22. The highest BCUT2D eigenvalue weighted by atomic mass is 32.2. The van der Waals surface area contributed by atoms with E-state index in [-0.39, 0.29) is 22.1 Å². The third kappa shape index (κ3) is 1.83. The fraction of sp³-hybridized carbons (Fsp3) is 0.357. The Morgan fingerprint density at radius 3 is 2.80 bits per heavy atom. The van der Waals surface area contributed by atoms with Crippen molar-refractivity contribution in [3.63, 3.8) is 0 Å². The number of fused-ring (bicyclic) bond motifs is 1. The molecule has 1 amide bonds. The topological polar surface area (TPSA) is 76.3 Å². The lowest BCUT2D eigenvalue weighted by atomic mass is 9.96. The fourth-order valence-electron chi connectivity index (χ4n) is 2.55. The number of carbonyl (C=O) groups excluding carboxylic acids is 2. The summed E-state index contributed by atoms with van der Waals surface area (Å²) in [5, 5.41) is -0.0490. The van der Waals surface area contributed by atoms with E-state index in [0.717, 1.165) is 6.29 Å². The first kappa shape index (κ1) is 13.2. The molecule has 6 heteroatoms. The maximum atomic E-state index is 12.2. The van der Waals surface area contributed by atoms with Crippen molar-refractivity contribution in [1.82, 2.24) is 9.88 Å². The number of aldehydes is 1. The smallest absolute Gasteiger partial charge is 0.254 e. The first-order valence-corrected chi connectivity index (χ1v) is 7.21. The fourth-order valence-corrected chi connectivity index (χ4v) is 4.07. The summed E-state index contributed by atoms with van der Waals surface area (Å²) < 4.78 is -0.258.